The Hall–Kier alpha value is -2.67. The molecule has 3 rings (SSSR count). The van der Waals surface area contributed by atoms with E-state index in [-0.39, 0.29) is 16.7 Å². The number of rotatable bonds is 6. The topological polar surface area (TPSA) is 63.9 Å². The largest absolute Gasteiger partial charge is 0.333 e. The van der Waals surface area contributed by atoms with Crippen molar-refractivity contribution in [2.75, 3.05) is 0 Å². The Balaban J connectivity index is 1.83. The molecule has 0 aliphatic rings. The van der Waals surface area contributed by atoms with E-state index in [1.165, 1.54) is 11.8 Å². The van der Waals surface area contributed by atoms with Gasteiger partial charge < -0.3 is 4.90 Å². The lowest BCUT2D eigenvalue weighted by Gasteiger charge is -2.37. The molecular weight excluding hydrogens is 394 g/mol. The Bertz CT molecular complexity index is 1010. The highest BCUT2D eigenvalue weighted by atomic mass is 32.2. The second-order valence-corrected chi connectivity index (χ2v) is 9.81. The highest BCUT2D eigenvalue weighted by Crippen LogP contribution is 2.28. The second-order valence-electron chi connectivity index (χ2n) is 8.50. The quantitative estimate of drug-likeness (QED) is 0.543. The van der Waals surface area contributed by atoms with Crippen LogP contribution in [0.2, 0.25) is 0 Å². The fraction of sp³-hybridized carbons (Fsp3) is 0.391. The fourth-order valence-corrected chi connectivity index (χ4v) is 4.05. The molecule has 7 heteroatoms. The predicted molar refractivity (Wildman–Crippen MR) is 121 cm³/mol. The van der Waals surface area contributed by atoms with E-state index in [9.17, 15) is 4.79 Å². The number of hydrogen-bond acceptors (Lipinski definition) is 5. The summed E-state index contributed by atoms with van der Waals surface area (Å²) < 4.78 is 1.72. The lowest BCUT2D eigenvalue weighted by Crippen LogP contribution is -2.48. The van der Waals surface area contributed by atoms with Gasteiger partial charge >= 0.3 is 0 Å². The minimum atomic E-state index is -0.331. The van der Waals surface area contributed by atoms with Gasteiger partial charge in [0, 0.05) is 12.1 Å². The van der Waals surface area contributed by atoms with Gasteiger partial charge in [-0.2, -0.15) is 4.68 Å². The zero-order valence-electron chi connectivity index (χ0n) is 18.5. The summed E-state index contributed by atoms with van der Waals surface area (Å²) in [6, 6.07) is 16.2. The van der Waals surface area contributed by atoms with Gasteiger partial charge in [-0.15, -0.1) is 5.10 Å². The molecule has 0 saturated carbocycles. The van der Waals surface area contributed by atoms with E-state index in [0.717, 1.165) is 22.4 Å². The zero-order chi connectivity index (χ0) is 21.9. The maximum atomic E-state index is 13.4. The Labute approximate surface area is 182 Å². The lowest BCUT2D eigenvalue weighted by atomic mass is 10.0. The summed E-state index contributed by atoms with van der Waals surface area (Å²) in [7, 11) is 0. The smallest absolute Gasteiger partial charge is 0.236 e. The number of aromatic nitrogens is 4. The third kappa shape index (κ3) is 5.08. The molecule has 1 amide bonds. The van der Waals surface area contributed by atoms with E-state index < -0.39 is 0 Å². The molecule has 0 bridgehead atoms. The number of hydrogen-bond donors (Lipinski definition) is 0. The van der Waals surface area contributed by atoms with Crippen molar-refractivity contribution in [3.63, 3.8) is 0 Å². The fourth-order valence-electron chi connectivity index (χ4n) is 3.19. The molecule has 3 aromatic rings. The Kier molecular flexibility index (Phi) is 6.61. The summed E-state index contributed by atoms with van der Waals surface area (Å²) >= 11 is 1.39. The molecule has 0 aliphatic carbocycles. The first-order valence-corrected chi connectivity index (χ1v) is 10.9. The molecule has 0 saturated heterocycles. The molecule has 0 spiro atoms. The van der Waals surface area contributed by atoms with Gasteiger partial charge in [-0.05, 0) is 74.7 Å². The van der Waals surface area contributed by atoms with Gasteiger partial charge in [-0.1, -0.05) is 54.2 Å². The Morgan fingerprint density at radius 1 is 1.13 bits per heavy atom. The maximum absolute atomic E-state index is 13.4. The highest BCUT2D eigenvalue weighted by Gasteiger charge is 2.31. The van der Waals surface area contributed by atoms with Crippen LogP contribution in [0.5, 0.6) is 0 Å². The summed E-state index contributed by atoms with van der Waals surface area (Å²) in [6.45, 7) is 12.7. The molecule has 1 aromatic heterocycles. The van der Waals surface area contributed by atoms with Crippen molar-refractivity contribution < 1.29 is 4.79 Å². The molecule has 0 aliphatic heterocycles. The van der Waals surface area contributed by atoms with Crippen LogP contribution in [0, 0.1) is 13.8 Å². The molecule has 6 nitrogen and oxygen atoms in total. The van der Waals surface area contributed by atoms with Crippen LogP contribution in [0.3, 0.4) is 0 Å². The maximum Gasteiger partial charge on any atom is 0.236 e. The molecule has 1 heterocycles. The third-order valence-corrected chi connectivity index (χ3v) is 5.94. The predicted octanol–water partition coefficient (Wildman–Crippen LogP) is 4.59. The molecule has 0 radical (unpaired) electrons. The van der Waals surface area contributed by atoms with E-state index in [4.69, 9.17) is 0 Å². The minimum Gasteiger partial charge on any atom is -0.333 e. The summed E-state index contributed by atoms with van der Waals surface area (Å²) in [6.07, 6.45) is 0. The van der Waals surface area contributed by atoms with Crippen molar-refractivity contribution in [3.05, 3.63) is 65.2 Å². The van der Waals surface area contributed by atoms with Crippen LogP contribution in [0.1, 0.15) is 44.4 Å². The second kappa shape index (κ2) is 9.00. The molecule has 158 valence electrons. The van der Waals surface area contributed by atoms with Gasteiger partial charge in [0.25, 0.3) is 0 Å². The summed E-state index contributed by atoms with van der Waals surface area (Å²) in [5.74, 6) is 0.0619. The van der Waals surface area contributed by atoms with Crippen molar-refractivity contribution in [1.29, 1.82) is 0 Å². The number of nitrogens with zero attached hydrogens (tertiary/aromatic N) is 5. The number of carbonyl (C=O) groups is 1. The number of amides is 1. The van der Waals surface area contributed by atoms with Gasteiger partial charge in [0.1, 0.15) is 0 Å². The third-order valence-electron chi connectivity index (χ3n) is 4.92. The average Bonchev–Trinajstić information content (AvgIpc) is 3.15. The van der Waals surface area contributed by atoms with Crippen LogP contribution in [0.25, 0.3) is 5.69 Å². The number of carbonyl (C=O) groups excluding carboxylic acids is 1. The van der Waals surface area contributed by atoms with Gasteiger partial charge in [-0.25, -0.2) is 0 Å². The number of thioether (sulfide) groups is 1. The standard InChI is InChI=1S/C23H29N5OS/c1-16-12-13-17(2)20(14-16)28-22(24-25-26-28)30-18(3)21(29)27(23(4,5)6)15-19-10-8-7-9-11-19/h7-14,18H,15H2,1-6H3/t18-/m0/s1. The Morgan fingerprint density at radius 3 is 2.50 bits per heavy atom. The van der Waals surface area contributed by atoms with E-state index in [0.29, 0.717) is 11.7 Å². The normalized spacial score (nSPS) is 12.6. The van der Waals surface area contributed by atoms with Crippen LogP contribution in [-0.4, -0.2) is 41.8 Å². The van der Waals surface area contributed by atoms with Crippen LogP contribution in [-0.2, 0) is 11.3 Å². The molecule has 0 unspecified atom stereocenters. The molecule has 0 N–H and O–H groups in total. The van der Waals surface area contributed by atoms with Crippen LogP contribution in [0.15, 0.2) is 53.7 Å². The first-order valence-electron chi connectivity index (χ1n) is 10.0. The first kappa shape index (κ1) is 22.0. The molecule has 0 fully saturated rings. The number of benzene rings is 2. The zero-order valence-corrected chi connectivity index (χ0v) is 19.3. The molecular formula is C23H29N5OS. The van der Waals surface area contributed by atoms with Crippen molar-refractivity contribution in [3.8, 4) is 5.69 Å². The van der Waals surface area contributed by atoms with Crippen molar-refractivity contribution in [2.45, 2.75) is 64.0 Å². The van der Waals surface area contributed by atoms with Gasteiger partial charge in [-0.3, -0.25) is 4.79 Å². The monoisotopic (exact) mass is 423 g/mol. The summed E-state index contributed by atoms with van der Waals surface area (Å²) in [4.78, 5) is 15.3. The van der Waals surface area contributed by atoms with Crippen molar-refractivity contribution >= 4 is 17.7 Å². The number of tetrazole rings is 1. The molecule has 1 atom stereocenters. The molecule has 2 aromatic carbocycles. The minimum absolute atomic E-state index is 0.0619. The van der Waals surface area contributed by atoms with Crippen molar-refractivity contribution in [1.82, 2.24) is 25.1 Å². The van der Waals surface area contributed by atoms with Gasteiger partial charge in [0.05, 0.1) is 10.9 Å². The number of aryl methyl sites for hydroxylation is 2. The first-order chi connectivity index (χ1) is 14.2. The highest BCUT2D eigenvalue weighted by molar-refractivity contribution is 8.00. The van der Waals surface area contributed by atoms with E-state index in [2.05, 4.69) is 54.5 Å². The Morgan fingerprint density at radius 2 is 1.83 bits per heavy atom. The van der Waals surface area contributed by atoms with E-state index in [1.54, 1.807) is 4.68 Å². The van der Waals surface area contributed by atoms with E-state index in [1.807, 2.05) is 56.0 Å². The van der Waals surface area contributed by atoms with Gasteiger partial charge in [0.2, 0.25) is 11.1 Å². The van der Waals surface area contributed by atoms with Gasteiger partial charge in [0.15, 0.2) is 0 Å². The molecule has 30 heavy (non-hydrogen) atoms. The lowest BCUT2D eigenvalue weighted by molar-refractivity contribution is -0.135. The van der Waals surface area contributed by atoms with Crippen LogP contribution >= 0.6 is 11.8 Å². The van der Waals surface area contributed by atoms with Crippen LogP contribution in [0.4, 0.5) is 0 Å². The SMILES string of the molecule is Cc1ccc(C)c(-n2nnnc2S[C@@H](C)C(=O)N(Cc2ccccc2)C(C)(C)C)c1. The van der Waals surface area contributed by atoms with E-state index >= 15 is 0 Å². The summed E-state index contributed by atoms with van der Waals surface area (Å²) in [5.41, 5.74) is 3.94. The average molecular weight is 424 g/mol. The summed E-state index contributed by atoms with van der Waals surface area (Å²) in [5, 5.41) is 12.5. The van der Waals surface area contributed by atoms with Crippen molar-refractivity contribution in [2.24, 2.45) is 0 Å². The van der Waals surface area contributed by atoms with Crippen LogP contribution < -0.4 is 0 Å².